The summed E-state index contributed by atoms with van der Waals surface area (Å²) < 4.78 is 9.75. The summed E-state index contributed by atoms with van der Waals surface area (Å²) in [7, 11) is 0. The van der Waals surface area contributed by atoms with Gasteiger partial charge in [0.2, 0.25) is 0 Å². The maximum Gasteiger partial charge on any atom is 0.513 e. The molecular formula is C28H31N3O7. The molecular weight excluding hydrogens is 490 g/mol. The largest absolute Gasteiger partial charge is 0.513 e. The molecule has 1 fully saturated rings. The van der Waals surface area contributed by atoms with Crippen molar-refractivity contribution in [3.8, 4) is 5.75 Å². The number of nitrogens with one attached hydrogen (secondary N) is 1. The number of carbonyl (C=O) groups is 5. The van der Waals surface area contributed by atoms with E-state index >= 15 is 0 Å². The molecule has 1 saturated heterocycles. The fraction of sp³-hybridized carbons (Fsp3) is 0.393. The number of hydrogen-bond donors (Lipinski definition) is 1. The Hall–Kier alpha value is -4.21. The van der Waals surface area contributed by atoms with Gasteiger partial charge in [0.05, 0.1) is 17.7 Å². The summed E-state index contributed by atoms with van der Waals surface area (Å²) in [4.78, 5) is 65.1. The van der Waals surface area contributed by atoms with Crippen molar-refractivity contribution in [2.75, 3.05) is 26.2 Å². The highest BCUT2D eigenvalue weighted by atomic mass is 16.7. The van der Waals surface area contributed by atoms with Crippen molar-refractivity contribution in [3.63, 3.8) is 0 Å². The molecule has 4 rings (SSSR count). The van der Waals surface area contributed by atoms with E-state index in [1.165, 1.54) is 17.0 Å². The second-order valence-electron chi connectivity index (χ2n) is 9.59. The van der Waals surface area contributed by atoms with Crippen molar-refractivity contribution in [3.05, 3.63) is 64.7 Å². The van der Waals surface area contributed by atoms with Gasteiger partial charge in [0.1, 0.15) is 5.75 Å². The van der Waals surface area contributed by atoms with Crippen molar-refractivity contribution in [1.82, 2.24) is 15.1 Å². The molecule has 0 bridgehead atoms. The summed E-state index contributed by atoms with van der Waals surface area (Å²) >= 11 is 0. The summed E-state index contributed by atoms with van der Waals surface area (Å²) in [6.07, 6.45) is 0.672. The molecule has 2 aromatic rings. The second kappa shape index (κ2) is 11.5. The first-order chi connectivity index (χ1) is 18.2. The third kappa shape index (κ3) is 5.69. The Morgan fingerprint density at radius 3 is 2.21 bits per heavy atom. The molecule has 2 aliphatic rings. The molecule has 0 unspecified atom stereocenters. The van der Waals surface area contributed by atoms with Gasteiger partial charge in [-0.1, -0.05) is 0 Å². The zero-order valence-corrected chi connectivity index (χ0v) is 21.7. The predicted molar refractivity (Wildman–Crippen MR) is 137 cm³/mol. The number of hydrogen-bond acceptors (Lipinski definition) is 7. The van der Waals surface area contributed by atoms with Crippen LogP contribution >= 0.6 is 0 Å². The molecule has 10 heteroatoms. The fourth-order valence-electron chi connectivity index (χ4n) is 4.64. The van der Waals surface area contributed by atoms with Gasteiger partial charge in [0.15, 0.2) is 0 Å². The Labute approximate surface area is 220 Å². The van der Waals surface area contributed by atoms with E-state index in [4.69, 9.17) is 9.47 Å². The molecule has 2 heterocycles. The molecule has 0 aromatic heterocycles. The van der Waals surface area contributed by atoms with E-state index in [0.717, 1.165) is 12.8 Å². The fourth-order valence-corrected chi connectivity index (χ4v) is 4.64. The van der Waals surface area contributed by atoms with Gasteiger partial charge in [-0.15, -0.1) is 0 Å². The number of carbonyl (C=O) groups excluding carboxylic acids is 5. The minimum absolute atomic E-state index is 0.108. The van der Waals surface area contributed by atoms with Crippen LogP contribution in [0.15, 0.2) is 42.5 Å². The molecule has 0 spiro atoms. The topological polar surface area (TPSA) is 122 Å². The van der Waals surface area contributed by atoms with Gasteiger partial charge in [-0.05, 0) is 82.0 Å². The first kappa shape index (κ1) is 26.8. The van der Waals surface area contributed by atoms with Crippen LogP contribution in [0.4, 0.5) is 4.79 Å². The molecule has 0 aliphatic carbocycles. The number of benzene rings is 2. The van der Waals surface area contributed by atoms with E-state index < -0.39 is 6.16 Å². The molecule has 38 heavy (non-hydrogen) atoms. The number of ether oxygens (including phenoxy) is 2. The van der Waals surface area contributed by atoms with Crippen LogP contribution in [0.25, 0.3) is 0 Å². The minimum Gasteiger partial charge on any atom is -0.434 e. The number of piperidine rings is 1. The van der Waals surface area contributed by atoms with Crippen LogP contribution in [0.1, 0.15) is 75.0 Å². The third-order valence-electron chi connectivity index (χ3n) is 6.71. The molecule has 10 nitrogen and oxygen atoms in total. The molecule has 1 N–H and O–H groups in total. The van der Waals surface area contributed by atoms with Crippen molar-refractivity contribution in [1.29, 1.82) is 0 Å². The number of fused-ring (bicyclic) bond motifs is 1. The molecule has 2 aliphatic heterocycles. The van der Waals surface area contributed by atoms with Crippen LogP contribution in [-0.2, 0) is 4.74 Å². The number of likely N-dealkylation sites (tertiary alicyclic amines) is 1. The van der Waals surface area contributed by atoms with Gasteiger partial charge in [0.25, 0.3) is 23.6 Å². The van der Waals surface area contributed by atoms with Crippen LogP contribution in [0.2, 0.25) is 0 Å². The standard InChI is InChI=1S/C28H31N3O7/c1-4-37-28(36)38-21-8-5-19(6-9-21)25(33)30-13-11-18(12-14-30)16-29-24(32)20-7-10-22-23(15-20)27(35)31(17(2)3)26(22)34/h5-10,15,17-18H,4,11-14,16H2,1-3H3,(H,29,32). The predicted octanol–water partition coefficient (Wildman–Crippen LogP) is 3.51. The molecule has 0 radical (unpaired) electrons. The van der Waals surface area contributed by atoms with Gasteiger partial charge < -0.3 is 19.7 Å². The van der Waals surface area contributed by atoms with Gasteiger partial charge in [0, 0.05) is 36.8 Å². The van der Waals surface area contributed by atoms with Crippen molar-refractivity contribution in [2.45, 2.75) is 39.7 Å². The average Bonchev–Trinajstić information content (AvgIpc) is 3.17. The van der Waals surface area contributed by atoms with Gasteiger partial charge >= 0.3 is 6.16 Å². The Kier molecular flexibility index (Phi) is 8.09. The molecule has 2 aromatic carbocycles. The number of nitrogens with zero attached hydrogens (tertiary/aromatic N) is 2. The van der Waals surface area contributed by atoms with Crippen LogP contribution in [0, 0.1) is 5.92 Å². The van der Waals surface area contributed by atoms with Gasteiger partial charge in [-0.2, -0.15) is 0 Å². The summed E-state index contributed by atoms with van der Waals surface area (Å²) in [5.41, 5.74) is 1.40. The monoisotopic (exact) mass is 521 g/mol. The molecule has 0 atom stereocenters. The van der Waals surface area contributed by atoms with Crippen LogP contribution in [0.3, 0.4) is 0 Å². The second-order valence-corrected chi connectivity index (χ2v) is 9.59. The van der Waals surface area contributed by atoms with Crippen LogP contribution in [0.5, 0.6) is 5.75 Å². The summed E-state index contributed by atoms with van der Waals surface area (Å²) in [6.45, 7) is 7.00. The van der Waals surface area contributed by atoms with Crippen molar-refractivity contribution >= 4 is 29.8 Å². The first-order valence-corrected chi connectivity index (χ1v) is 12.7. The zero-order valence-electron chi connectivity index (χ0n) is 21.7. The Morgan fingerprint density at radius 1 is 0.947 bits per heavy atom. The van der Waals surface area contributed by atoms with E-state index in [1.54, 1.807) is 56.0 Å². The van der Waals surface area contributed by atoms with E-state index in [1.807, 2.05) is 0 Å². The van der Waals surface area contributed by atoms with E-state index in [0.29, 0.717) is 42.1 Å². The lowest BCUT2D eigenvalue weighted by Gasteiger charge is -2.32. The molecule has 0 saturated carbocycles. The van der Waals surface area contributed by atoms with E-state index in [9.17, 15) is 24.0 Å². The number of amides is 4. The number of rotatable bonds is 7. The van der Waals surface area contributed by atoms with Crippen molar-refractivity contribution in [2.24, 2.45) is 5.92 Å². The third-order valence-corrected chi connectivity index (χ3v) is 6.71. The SMILES string of the molecule is CCOC(=O)Oc1ccc(C(=O)N2CCC(CNC(=O)c3ccc4c(c3)C(=O)N(C(C)C)C4=O)CC2)cc1. The Balaban J connectivity index is 1.26. The van der Waals surface area contributed by atoms with Gasteiger partial charge in [-0.25, -0.2) is 4.79 Å². The highest BCUT2D eigenvalue weighted by molar-refractivity contribution is 6.22. The molecule has 4 amide bonds. The maximum atomic E-state index is 12.9. The summed E-state index contributed by atoms with van der Waals surface area (Å²) in [5.74, 6) is -0.631. The zero-order chi connectivity index (χ0) is 27.4. The highest BCUT2D eigenvalue weighted by Gasteiger charge is 2.37. The Morgan fingerprint density at radius 2 is 1.58 bits per heavy atom. The average molecular weight is 522 g/mol. The lowest BCUT2D eigenvalue weighted by atomic mass is 9.96. The quantitative estimate of drug-likeness (QED) is 0.336. The number of imide groups is 1. The minimum atomic E-state index is -0.793. The summed E-state index contributed by atoms with van der Waals surface area (Å²) in [5, 5.41) is 2.92. The highest BCUT2D eigenvalue weighted by Crippen LogP contribution is 2.26. The van der Waals surface area contributed by atoms with Crippen LogP contribution < -0.4 is 10.1 Å². The smallest absolute Gasteiger partial charge is 0.434 e. The van der Waals surface area contributed by atoms with Gasteiger partial charge in [-0.3, -0.25) is 24.1 Å². The lowest BCUT2D eigenvalue weighted by molar-refractivity contribution is 0.0607. The van der Waals surface area contributed by atoms with E-state index in [2.05, 4.69) is 5.32 Å². The summed E-state index contributed by atoms with van der Waals surface area (Å²) in [6, 6.07) is 10.6. The first-order valence-electron chi connectivity index (χ1n) is 12.7. The van der Waals surface area contributed by atoms with E-state index in [-0.39, 0.29) is 47.8 Å². The van der Waals surface area contributed by atoms with Crippen LogP contribution in [-0.4, -0.2) is 71.9 Å². The lowest BCUT2D eigenvalue weighted by Crippen LogP contribution is -2.41. The van der Waals surface area contributed by atoms with Crippen molar-refractivity contribution < 1.29 is 33.4 Å². The normalized spacial score (nSPS) is 15.5. The molecule has 200 valence electrons. The maximum absolute atomic E-state index is 12.9. The Bertz CT molecular complexity index is 1250.